The fraction of sp³-hybridized carbons (Fsp3) is 0.214. The van der Waals surface area contributed by atoms with E-state index in [0.717, 1.165) is 22.5 Å². The van der Waals surface area contributed by atoms with Crippen LogP contribution in [0.1, 0.15) is 6.42 Å². The molecular weight excluding hydrogens is 312 g/mol. The lowest BCUT2D eigenvalue weighted by atomic mass is 10.2. The van der Waals surface area contributed by atoms with Crippen molar-refractivity contribution in [1.82, 2.24) is 0 Å². The van der Waals surface area contributed by atoms with Crippen LogP contribution in [-0.4, -0.2) is 11.9 Å². The van der Waals surface area contributed by atoms with Gasteiger partial charge >= 0.3 is 5.63 Å². The van der Waals surface area contributed by atoms with Gasteiger partial charge in [-0.25, -0.2) is 4.79 Å². The van der Waals surface area contributed by atoms with Gasteiger partial charge in [0, 0.05) is 22.2 Å². The van der Waals surface area contributed by atoms with Gasteiger partial charge in [-0.2, -0.15) is 0 Å². The molecule has 3 aromatic rings. The van der Waals surface area contributed by atoms with Crippen LogP contribution in [0.25, 0.3) is 21.9 Å². The molecular formula is C14H11BrO4. The van der Waals surface area contributed by atoms with Crippen LogP contribution >= 0.6 is 15.9 Å². The van der Waals surface area contributed by atoms with Crippen molar-refractivity contribution < 1.29 is 13.6 Å². The van der Waals surface area contributed by atoms with Crippen molar-refractivity contribution in [3.63, 3.8) is 0 Å². The summed E-state index contributed by atoms with van der Waals surface area (Å²) in [7, 11) is 0. The fourth-order valence-electron chi connectivity index (χ4n) is 1.90. The molecule has 0 amide bonds. The van der Waals surface area contributed by atoms with E-state index in [2.05, 4.69) is 15.9 Å². The van der Waals surface area contributed by atoms with Crippen molar-refractivity contribution in [3.05, 3.63) is 40.9 Å². The van der Waals surface area contributed by atoms with E-state index in [1.54, 1.807) is 18.4 Å². The van der Waals surface area contributed by atoms with Gasteiger partial charge in [0.2, 0.25) is 5.75 Å². The molecule has 2 aromatic heterocycles. The van der Waals surface area contributed by atoms with Gasteiger partial charge in [-0.05, 0) is 24.6 Å². The maximum atomic E-state index is 11.8. The number of hydrogen-bond donors (Lipinski definition) is 0. The van der Waals surface area contributed by atoms with E-state index in [1.165, 1.54) is 0 Å². The first kappa shape index (κ1) is 12.3. The summed E-state index contributed by atoms with van der Waals surface area (Å²) in [6.45, 7) is 0.482. The van der Waals surface area contributed by atoms with Crippen molar-refractivity contribution in [1.29, 1.82) is 0 Å². The molecule has 0 atom stereocenters. The second-order valence-corrected chi connectivity index (χ2v) is 4.93. The number of halogens is 1. The molecule has 0 aliphatic carbocycles. The molecule has 98 valence electrons. The Kier molecular flexibility index (Phi) is 3.29. The molecule has 0 aliphatic rings. The third-order valence-electron chi connectivity index (χ3n) is 2.81. The third kappa shape index (κ3) is 2.38. The number of rotatable bonds is 4. The second-order valence-electron chi connectivity index (χ2n) is 4.14. The average Bonchev–Trinajstić information content (AvgIpc) is 2.84. The molecule has 0 radical (unpaired) electrons. The van der Waals surface area contributed by atoms with Crippen molar-refractivity contribution in [2.45, 2.75) is 6.42 Å². The van der Waals surface area contributed by atoms with Gasteiger partial charge in [-0.15, -0.1) is 0 Å². The molecule has 0 aliphatic heterocycles. The predicted molar refractivity (Wildman–Crippen MR) is 76.2 cm³/mol. The summed E-state index contributed by atoms with van der Waals surface area (Å²) in [5, 5.41) is 2.62. The molecule has 0 saturated heterocycles. The van der Waals surface area contributed by atoms with Gasteiger partial charge in [0.15, 0.2) is 0 Å². The number of benzene rings is 1. The predicted octanol–water partition coefficient (Wildman–Crippen LogP) is 3.70. The van der Waals surface area contributed by atoms with E-state index in [0.29, 0.717) is 17.8 Å². The molecule has 2 heterocycles. The van der Waals surface area contributed by atoms with Crippen LogP contribution in [-0.2, 0) is 0 Å². The van der Waals surface area contributed by atoms with Gasteiger partial charge in [0.25, 0.3) is 0 Å². The Morgan fingerprint density at radius 2 is 2.05 bits per heavy atom. The minimum absolute atomic E-state index is 0.247. The first-order valence-corrected chi connectivity index (χ1v) is 7.04. The van der Waals surface area contributed by atoms with Crippen molar-refractivity contribution in [2.75, 3.05) is 11.9 Å². The van der Waals surface area contributed by atoms with Gasteiger partial charge in [0.1, 0.15) is 11.2 Å². The normalized spacial score (nSPS) is 11.2. The molecule has 1 aromatic carbocycles. The smallest absolute Gasteiger partial charge is 0.379 e. The van der Waals surface area contributed by atoms with Gasteiger partial charge < -0.3 is 13.6 Å². The lowest BCUT2D eigenvalue weighted by Gasteiger charge is -2.04. The second kappa shape index (κ2) is 5.09. The van der Waals surface area contributed by atoms with E-state index in [-0.39, 0.29) is 5.75 Å². The highest BCUT2D eigenvalue weighted by Crippen LogP contribution is 2.24. The van der Waals surface area contributed by atoms with Crippen molar-refractivity contribution >= 4 is 37.9 Å². The first-order valence-electron chi connectivity index (χ1n) is 5.92. The van der Waals surface area contributed by atoms with Crippen molar-refractivity contribution in [3.8, 4) is 5.75 Å². The van der Waals surface area contributed by atoms with E-state index in [9.17, 15) is 4.79 Å². The van der Waals surface area contributed by atoms with Gasteiger partial charge in [-0.3, -0.25) is 0 Å². The summed E-state index contributed by atoms with van der Waals surface area (Å²) in [4.78, 5) is 11.8. The minimum atomic E-state index is -0.465. The summed E-state index contributed by atoms with van der Waals surface area (Å²) < 4.78 is 15.9. The summed E-state index contributed by atoms with van der Waals surface area (Å²) in [5.41, 5.74) is 0.733. The zero-order valence-corrected chi connectivity index (χ0v) is 11.6. The number of alkyl halides is 1. The van der Waals surface area contributed by atoms with E-state index < -0.39 is 5.63 Å². The van der Waals surface area contributed by atoms with E-state index in [1.807, 2.05) is 12.1 Å². The highest BCUT2D eigenvalue weighted by Gasteiger charge is 2.08. The molecule has 0 unspecified atom stereocenters. The summed E-state index contributed by atoms with van der Waals surface area (Å²) in [6, 6.07) is 7.20. The lowest BCUT2D eigenvalue weighted by Crippen LogP contribution is -2.08. The van der Waals surface area contributed by atoms with Crippen LogP contribution in [0.15, 0.2) is 44.2 Å². The summed E-state index contributed by atoms with van der Waals surface area (Å²) in [5.74, 6) is 0.247. The summed E-state index contributed by atoms with van der Waals surface area (Å²) >= 11 is 3.31. The Bertz CT molecular complexity index is 772. The molecule has 0 fully saturated rings. The molecule has 19 heavy (non-hydrogen) atoms. The zero-order valence-electron chi connectivity index (χ0n) is 10.0. The van der Waals surface area contributed by atoms with E-state index >= 15 is 0 Å². The van der Waals surface area contributed by atoms with Gasteiger partial charge in [0.05, 0.1) is 12.9 Å². The molecule has 4 nitrogen and oxygen atoms in total. The lowest BCUT2D eigenvalue weighted by molar-refractivity contribution is 0.303. The topological polar surface area (TPSA) is 52.6 Å². The summed E-state index contributed by atoms with van der Waals surface area (Å²) in [6.07, 6.45) is 2.44. The maximum absolute atomic E-state index is 11.8. The molecule has 0 bridgehead atoms. The van der Waals surface area contributed by atoms with Crippen LogP contribution in [0.2, 0.25) is 0 Å². The largest absolute Gasteiger partial charge is 0.486 e. The van der Waals surface area contributed by atoms with Crippen LogP contribution in [0, 0.1) is 0 Å². The molecule has 0 saturated carbocycles. The van der Waals surface area contributed by atoms with Crippen LogP contribution in [0.3, 0.4) is 0 Å². The van der Waals surface area contributed by atoms with E-state index in [4.69, 9.17) is 13.6 Å². The van der Waals surface area contributed by atoms with Crippen LogP contribution in [0.5, 0.6) is 5.75 Å². The maximum Gasteiger partial charge on any atom is 0.379 e. The third-order valence-corrected chi connectivity index (χ3v) is 3.37. The Morgan fingerprint density at radius 3 is 2.89 bits per heavy atom. The first-order chi connectivity index (χ1) is 9.28. The van der Waals surface area contributed by atoms with Crippen LogP contribution in [0.4, 0.5) is 0 Å². The van der Waals surface area contributed by atoms with Gasteiger partial charge in [-0.1, -0.05) is 15.9 Å². The zero-order chi connectivity index (χ0) is 13.2. The Hall–Kier alpha value is -1.75. The Balaban J connectivity index is 2.07. The highest BCUT2D eigenvalue weighted by atomic mass is 79.9. The highest BCUT2D eigenvalue weighted by molar-refractivity contribution is 9.09. The monoisotopic (exact) mass is 322 g/mol. The molecule has 5 heteroatoms. The Morgan fingerprint density at radius 1 is 1.16 bits per heavy atom. The quantitative estimate of drug-likeness (QED) is 0.417. The molecule has 0 N–H and O–H groups in total. The molecule has 3 rings (SSSR count). The number of furan rings is 1. The number of ether oxygens (including phenoxy) is 1. The number of fused-ring (bicyclic) bond motifs is 2. The Labute approximate surface area is 117 Å². The van der Waals surface area contributed by atoms with Crippen LogP contribution < -0.4 is 10.4 Å². The fourth-order valence-corrected chi connectivity index (χ4v) is 2.13. The van der Waals surface area contributed by atoms with Crippen molar-refractivity contribution in [2.24, 2.45) is 0 Å². The molecule has 0 spiro atoms. The minimum Gasteiger partial charge on any atom is -0.486 e. The number of hydrogen-bond acceptors (Lipinski definition) is 4. The average molecular weight is 323 g/mol. The standard InChI is InChI=1S/C14H11BrO4/c15-3-1-4-17-13-7-10-6-9-2-5-18-11(9)8-12(10)19-14(13)16/h2,5-8H,1,3-4H2. The SMILES string of the molecule is O=c1oc2cc3occc3cc2cc1OCCCBr.